The number of hydrogen-bond acceptors (Lipinski definition) is 2. The van der Waals surface area contributed by atoms with Crippen molar-refractivity contribution in [2.45, 2.75) is 18.8 Å². The van der Waals surface area contributed by atoms with E-state index in [9.17, 15) is 0 Å². The number of aromatic nitrogens is 2. The Bertz CT molecular complexity index is 529. The summed E-state index contributed by atoms with van der Waals surface area (Å²) in [5.41, 5.74) is 2.47. The van der Waals surface area contributed by atoms with E-state index in [1.165, 1.54) is 24.2 Å². The smallest absolute Gasteiger partial charge is 0.0994 e. The molecular formula is C14H16BrN3. The first-order chi connectivity index (χ1) is 8.84. The third-order valence-electron chi connectivity index (χ3n) is 3.47. The van der Waals surface area contributed by atoms with Crippen molar-refractivity contribution in [3.05, 3.63) is 47.0 Å². The van der Waals surface area contributed by atoms with Gasteiger partial charge in [-0.2, -0.15) is 0 Å². The standard InChI is InChI=1S/C14H16BrN3/c15-12-4-1-5-13(7-12)18-10-17-9-14(18)11-3-2-6-16-8-11/h1,4-5,7,9-11,16H,2-3,6,8H2. The van der Waals surface area contributed by atoms with Crippen LogP contribution in [0.3, 0.4) is 0 Å². The summed E-state index contributed by atoms with van der Waals surface area (Å²) in [6.45, 7) is 2.20. The van der Waals surface area contributed by atoms with Crippen molar-refractivity contribution in [1.82, 2.24) is 14.9 Å². The van der Waals surface area contributed by atoms with Gasteiger partial charge in [-0.25, -0.2) is 4.98 Å². The van der Waals surface area contributed by atoms with Gasteiger partial charge in [0.1, 0.15) is 0 Å². The molecule has 1 aliphatic rings. The summed E-state index contributed by atoms with van der Waals surface area (Å²) >= 11 is 3.52. The zero-order valence-electron chi connectivity index (χ0n) is 10.1. The average Bonchev–Trinajstić information content (AvgIpc) is 2.89. The third-order valence-corrected chi connectivity index (χ3v) is 3.96. The zero-order chi connectivity index (χ0) is 12.4. The fraction of sp³-hybridized carbons (Fsp3) is 0.357. The molecule has 1 atom stereocenters. The number of imidazole rings is 1. The molecule has 1 fully saturated rings. The van der Waals surface area contributed by atoms with Crippen LogP contribution in [0, 0.1) is 0 Å². The van der Waals surface area contributed by atoms with Gasteiger partial charge in [0.2, 0.25) is 0 Å². The van der Waals surface area contributed by atoms with Crippen LogP contribution in [0.25, 0.3) is 5.69 Å². The van der Waals surface area contributed by atoms with Crippen LogP contribution >= 0.6 is 15.9 Å². The first-order valence-corrected chi connectivity index (χ1v) is 7.13. The van der Waals surface area contributed by atoms with E-state index in [-0.39, 0.29) is 0 Å². The Kier molecular flexibility index (Phi) is 3.48. The van der Waals surface area contributed by atoms with Crippen LogP contribution in [0.1, 0.15) is 24.5 Å². The van der Waals surface area contributed by atoms with Gasteiger partial charge >= 0.3 is 0 Å². The Hall–Kier alpha value is -1.13. The van der Waals surface area contributed by atoms with Crippen LogP contribution < -0.4 is 5.32 Å². The summed E-state index contributed by atoms with van der Waals surface area (Å²) in [4.78, 5) is 4.32. The summed E-state index contributed by atoms with van der Waals surface area (Å²) in [6, 6.07) is 8.35. The number of rotatable bonds is 2. The van der Waals surface area contributed by atoms with Gasteiger partial charge in [0.15, 0.2) is 0 Å². The Morgan fingerprint density at radius 1 is 1.39 bits per heavy atom. The van der Waals surface area contributed by atoms with Crippen molar-refractivity contribution < 1.29 is 0 Å². The second-order valence-electron chi connectivity index (χ2n) is 4.71. The fourth-order valence-corrected chi connectivity index (χ4v) is 2.94. The highest BCUT2D eigenvalue weighted by Gasteiger charge is 2.19. The highest BCUT2D eigenvalue weighted by Crippen LogP contribution is 2.26. The Labute approximate surface area is 115 Å². The van der Waals surface area contributed by atoms with Gasteiger partial charge < -0.3 is 9.88 Å². The lowest BCUT2D eigenvalue weighted by Crippen LogP contribution is -2.29. The summed E-state index contributed by atoms with van der Waals surface area (Å²) in [7, 11) is 0. The molecule has 0 spiro atoms. The normalized spacial score (nSPS) is 19.9. The van der Waals surface area contributed by atoms with E-state index in [1.807, 2.05) is 18.6 Å². The Morgan fingerprint density at radius 3 is 3.11 bits per heavy atom. The number of halogens is 1. The van der Waals surface area contributed by atoms with Crippen molar-refractivity contribution in [1.29, 1.82) is 0 Å². The lowest BCUT2D eigenvalue weighted by atomic mass is 9.96. The second-order valence-corrected chi connectivity index (χ2v) is 5.63. The van der Waals surface area contributed by atoms with Crippen LogP contribution in [0.15, 0.2) is 41.3 Å². The molecule has 1 saturated heterocycles. The predicted molar refractivity (Wildman–Crippen MR) is 76.1 cm³/mol. The van der Waals surface area contributed by atoms with Gasteiger partial charge in [0.25, 0.3) is 0 Å². The maximum atomic E-state index is 4.32. The number of nitrogens with one attached hydrogen (secondary N) is 1. The van der Waals surface area contributed by atoms with Crippen molar-refractivity contribution in [3.63, 3.8) is 0 Å². The van der Waals surface area contributed by atoms with E-state index in [4.69, 9.17) is 0 Å². The monoisotopic (exact) mass is 305 g/mol. The Balaban J connectivity index is 1.95. The SMILES string of the molecule is Brc1cccc(-n2cncc2C2CCCNC2)c1. The van der Waals surface area contributed by atoms with E-state index < -0.39 is 0 Å². The van der Waals surface area contributed by atoms with E-state index in [1.54, 1.807) is 0 Å². The van der Waals surface area contributed by atoms with Crippen molar-refractivity contribution in [3.8, 4) is 5.69 Å². The van der Waals surface area contributed by atoms with Gasteiger partial charge in [-0.05, 0) is 37.6 Å². The van der Waals surface area contributed by atoms with Crippen molar-refractivity contribution in [2.24, 2.45) is 0 Å². The minimum atomic E-state index is 0.570. The molecule has 3 nitrogen and oxygen atoms in total. The van der Waals surface area contributed by atoms with Crippen LogP contribution in [0.5, 0.6) is 0 Å². The van der Waals surface area contributed by atoms with Crippen LogP contribution in [-0.4, -0.2) is 22.6 Å². The molecule has 18 heavy (non-hydrogen) atoms. The van der Waals surface area contributed by atoms with E-state index in [2.05, 4.69) is 49.0 Å². The topological polar surface area (TPSA) is 29.9 Å². The maximum absolute atomic E-state index is 4.32. The van der Waals surface area contributed by atoms with Gasteiger partial charge in [-0.3, -0.25) is 0 Å². The van der Waals surface area contributed by atoms with E-state index in [0.717, 1.165) is 17.6 Å². The maximum Gasteiger partial charge on any atom is 0.0994 e. The second kappa shape index (κ2) is 5.24. The molecule has 1 aliphatic heterocycles. The number of hydrogen-bond donors (Lipinski definition) is 1. The Morgan fingerprint density at radius 2 is 2.33 bits per heavy atom. The molecule has 3 rings (SSSR count). The van der Waals surface area contributed by atoms with Crippen LogP contribution in [0.4, 0.5) is 0 Å². The first-order valence-electron chi connectivity index (χ1n) is 6.33. The van der Waals surface area contributed by atoms with E-state index >= 15 is 0 Å². The molecule has 2 heterocycles. The lowest BCUT2D eigenvalue weighted by molar-refractivity contribution is 0.451. The minimum Gasteiger partial charge on any atom is -0.316 e. The molecule has 0 radical (unpaired) electrons. The molecule has 1 unspecified atom stereocenters. The highest BCUT2D eigenvalue weighted by atomic mass is 79.9. The average molecular weight is 306 g/mol. The molecule has 4 heteroatoms. The molecule has 1 aromatic heterocycles. The summed E-state index contributed by atoms with van der Waals surface area (Å²) < 4.78 is 3.30. The molecule has 0 bridgehead atoms. The number of nitrogens with zero attached hydrogens (tertiary/aromatic N) is 2. The molecule has 1 N–H and O–H groups in total. The minimum absolute atomic E-state index is 0.570. The third kappa shape index (κ3) is 2.35. The van der Waals surface area contributed by atoms with Gasteiger partial charge in [-0.15, -0.1) is 0 Å². The predicted octanol–water partition coefficient (Wildman–Crippen LogP) is 3.10. The fourth-order valence-electron chi connectivity index (χ4n) is 2.55. The molecule has 0 saturated carbocycles. The van der Waals surface area contributed by atoms with Crippen molar-refractivity contribution >= 4 is 15.9 Å². The number of piperidine rings is 1. The molecule has 0 amide bonds. The van der Waals surface area contributed by atoms with Gasteiger partial charge in [0.05, 0.1) is 6.33 Å². The first kappa shape index (κ1) is 11.9. The quantitative estimate of drug-likeness (QED) is 0.924. The van der Waals surface area contributed by atoms with Gasteiger partial charge in [0, 0.05) is 34.5 Å². The van der Waals surface area contributed by atoms with Crippen molar-refractivity contribution in [2.75, 3.05) is 13.1 Å². The molecule has 2 aromatic rings. The summed E-state index contributed by atoms with van der Waals surface area (Å²) in [5.74, 6) is 0.570. The zero-order valence-corrected chi connectivity index (χ0v) is 11.7. The number of benzene rings is 1. The largest absolute Gasteiger partial charge is 0.316 e. The summed E-state index contributed by atoms with van der Waals surface area (Å²) in [5, 5.41) is 3.46. The van der Waals surface area contributed by atoms with Crippen LogP contribution in [0.2, 0.25) is 0 Å². The lowest BCUT2D eigenvalue weighted by Gasteiger charge is -2.23. The highest BCUT2D eigenvalue weighted by molar-refractivity contribution is 9.10. The molecular weight excluding hydrogens is 290 g/mol. The summed E-state index contributed by atoms with van der Waals surface area (Å²) in [6.07, 6.45) is 6.39. The van der Waals surface area contributed by atoms with Gasteiger partial charge in [-0.1, -0.05) is 22.0 Å². The van der Waals surface area contributed by atoms with E-state index in [0.29, 0.717) is 5.92 Å². The molecule has 1 aromatic carbocycles. The molecule has 94 valence electrons. The molecule has 0 aliphatic carbocycles. The van der Waals surface area contributed by atoms with Crippen LogP contribution in [-0.2, 0) is 0 Å².